The van der Waals surface area contributed by atoms with E-state index in [2.05, 4.69) is 31.5 Å². The summed E-state index contributed by atoms with van der Waals surface area (Å²) in [6.07, 6.45) is 1.62. The summed E-state index contributed by atoms with van der Waals surface area (Å²) in [7, 11) is 0. The number of pyridine rings is 1. The van der Waals surface area contributed by atoms with Crippen molar-refractivity contribution in [3.05, 3.63) is 22.4 Å². The van der Waals surface area contributed by atoms with Crippen molar-refractivity contribution < 1.29 is 9.53 Å². The number of hydrogen-bond donors (Lipinski definition) is 2. The Balaban J connectivity index is 1.99. The molecular formula is C11H14BrN3O2. The highest BCUT2D eigenvalue weighted by atomic mass is 79.9. The van der Waals surface area contributed by atoms with Gasteiger partial charge in [-0.05, 0) is 34.5 Å². The molecular weight excluding hydrogens is 286 g/mol. The Kier molecular flexibility index (Phi) is 4.09. The maximum absolute atomic E-state index is 11.9. The first-order valence-corrected chi connectivity index (χ1v) is 6.20. The Labute approximate surface area is 108 Å². The summed E-state index contributed by atoms with van der Waals surface area (Å²) in [5.74, 6) is -0.0896. The van der Waals surface area contributed by atoms with E-state index in [4.69, 9.17) is 4.74 Å². The lowest BCUT2D eigenvalue weighted by Gasteiger charge is -2.22. The fraction of sp³-hybridized carbons (Fsp3) is 0.455. The van der Waals surface area contributed by atoms with Gasteiger partial charge in [-0.3, -0.25) is 4.79 Å². The molecule has 0 radical (unpaired) electrons. The van der Waals surface area contributed by atoms with Gasteiger partial charge in [0.25, 0.3) is 0 Å². The smallest absolute Gasteiger partial charge is 0.243 e. The minimum atomic E-state index is -0.285. The van der Waals surface area contributed by atoms with Gasteiger partial charge in [-0.25, -0.2) is 4.98 Å². The normalized spacial score (nSPS) is 20.0. The fourth-order valence-electron chi connectivity index (χ4n) is 1.59. The summed E-state index contributed by atoms with van der Waals surface area (Å²) in [6.45, 7) is 3.70. The predicted molar refractivity (Wildman–Crippen MR) is 67.9 cm³/mol. The number of rotatable bonds is 2. The molecule has 1 atom stereocenters. The number of nitrogens with one attached hydrogen (secondary N) is 2. The van der Waals surface area contributed by atoms with Gasteiger partial charge in [-0.15, -0.1) is 0 Å². The Bertz CT molecular complexity index is 419. The van der Waals surface area contributed by atoms with E-state index in [1.807, 2.05) is 13.0 Å². The second kappa shape index (κ2) is 5.57. The van der Waals surface area contributed by atoms with Crippen molar-refractivity contribution in [2.75, 3.05) is 25.1 Å². The standard InChI is InChI=1S/C11H14BrN3O2/c1-7-4-8(5-14-10(7)12)15-11(16)9-6-17-3-2-13-9/h4-5,9,13H,2-3,6H2,1H3,(H,15,16). The number of aromatic nitrogens is 1. The van der Waals surface area contributed by atoms with Gasteiger partial charge in [-0.2, -0.15) is 0 Å². The Morgan fingerprint density at radius 1 is 1.71 bits per heavy atom. The molecule has 1 aromatic rings. The maximum Gasteiger partial charge on any atom is 0.243 e. The van der Waals surface area contributed by atoms with Crippen molar-refractivity contribution >= 4 is 27.5 Å². The zero-order valence-corrected chi connectivity index (χ0v) is 11.1. The predicted octanol–water partition coefficient (Wildman–Crippen LogP) is 1.08. The Morgan fingerprint density at radius 3 is 3.18 bits per heavy atom. The van der Waals surface area contributed by atoms with Crippen LogP contribution in [0.4, 0.5) is 5.69 Å². The van der Waals surface area contributed by atoms with Gasteiger partial charge in [0.05, 0.1) is 25.1 Å². The molecule has 17 heavy (non-hydrogen) atoms. The van der Waals surface area contributed by atoms with E-state index in [1.54, 1.807) is 6.20 Å². The molecule has 0 bridgehead atoms. The third-order valence-electron chi connectivity index (χ3n) is 2.52. The fourth-order valence-corrected chi connectivity index (χ4v) is 1.81. The first-order chi connectivity index (χ1) is 8.16. The van der Waals surface area contributed by atoms with E-state index in [9.17, 15) is 4.79 Å². The first-order valence-electron chi connectivity index (χ1n) is 5.41. The molecule has 6 heteroatoms. The van der Waals surface area contributed by atoms with Crippen LogP contribution in [0, 0.1) is 6.92 Å². The number of halogens is 1. The number of anilines is 1. The summed E-state index contributed by atoms with van der Waals surface area (Å²) in [4.78, 5) is 16.0. The maximum atomic E-state index is 11.9. The summed E-state index contributed by atoms with van der Waals surface area (Å²) in [6, 6.07) is 1.59. The van der Waals surface area contributed by atoms with Gasteiger partial charge >= 0.3 is 0 Å². The van der Waals surface area contributed by atoms with E-state index in [1.165, 1.54) is 0 Å². The molecule has 92 valence electrons. The van der Waals surface area contributed by atoms with Gasteiger partial charge in [0.15, 0.2) is 0 Å². The van der Waals surface area contributed by atoms with Crippen LogP contribution in [-0.2, 0) is 9.53 Å². The number of aryl methyl sites for hydroxylation is 1. The van der Waals surface area contributed by atoms with Crippen LogP contribution in [0.3, 0.4) is 0 Å². The number of carbonyl (C=O) groups is 1. The molecule has 0 aromatic carbocycles. The monoisotopic (exact) mass is 299 g/mol. The van der Waals surface area contributed by atoms with Crippen molar-refractivity contribution in [3.63, 3.8) is 0 Å². The van der Waals surface area contributed by atoms with Crippen LogP contribution in [0.5, 0.6) is 0 Å². The van der Waals surface area contributed by atoms with Crippen LogP contribution in [0.25, 0.3) is 0 Å². The summed E-state index contributed by atoms with van der Waals surface area (Å²) in [5, 5.41) is 5.91. The van der Waals surface area contributed by atoms with E-state index >= 15 is 0 Å². The van der Waals surface area contributed by atoms with E-state index in [-0.39, 0.29) is 11.9 Å². The molecule has 1 amide bonds. The van der Waals surface area contributed by atoms with Crippen LogP contribution >= 0.6 is 15.9 Å². The molecule has 1 fully saturated rings. The zero-order valence-electron chi connectivity index (χ0n) is 9.50. The highest BCUT2D eigenvalue weighted by Crippen LogP contribution is 2.16. The molecule has 2 N–H and O–H groups in total. The topological polar surface area (TPSA) is 63.2 Å². The van der Waals surface area contributed by atoms with Crippen LogP contribution < -0.4 is 10.6 Å². The minimum Gasteiger partial charge on any atom is -0.378 e. The van der Waals surface area contributed by atoms with E-state index < -0.39 is 0 Å². The number of morpholine rings is 1. The van der Waals surface area contributed by atoms with Crippen LogP contribution in [0.1, 0.15) is 5.56 Å². The van der Waals surface area contributed by atoms with Crippen molar-refractivity contribution in [2.24, 2.45) is 0 Å². The van der Waals surface area contributed by atoms with Crippen LogP contribution in [0.15, 0.2) is 16.9 Å². The molecule has 1 aliphatic rings. The SMILES string of the molecule is Cc1cc(NC(=O)C2COCCN2)cnc1Br. The van der Waals surface area contributed by atoms with Crippen LogP contribution in [-0.4, -0.2) is 36.7 Å². The van der Waals surface area contributed by atoms with Crippen molar-refractivity contribution in [1.29, 1.82) is 0 Å². The largest absolute Gasteiger partial charge is 0.378 e. The van der Waals surface area contributed by atoms with Gasteiger partial charge in [0, 0.05) is 6.54 Å². The van der Waals surface area contributed by atoms with Crippen molar-refractivity contribution in [1.82, 2.24) is 10.3 Å². The molecule has 5 nitrogen and oxygen atoms in total. The average Bonchev–Trinajstić information content (AvgIpc) is 2.35. The number of amides is 1. The highest BCUT2D eigenvalue weighted by molar-refractivity contribution is 9.10. The highest BCUT2D eigenvalue weighted by Gasteiger charge is 2.21. The Morgan fingerprint density at radius 2 is 2.53 bits per heavy atom. The quantitative estimate of drug-likeness (QED) is 0.802. The molecule has 1 saturated heterocycles. The number of ether oxygens (including phenoxy) is 1. The molecule has 2 heterocycles. The lowest BCUT2D eigenvalue weighted by atomic mass is 10.2. The first kappa shape index (κ1) is 12.5. The molecule has 0 saturated carbocycles. The third-order valence-corrected chi connectivity index (χ3v) is 3.35. The number of nitrogens with zero attached hydrogens (tertiary/aromatic N) is 1. The Hall–Kier alpha value is -0.980. The second-order valence-corrected chi connectivity index (χ2v) is 4.65. The zero-order chi connectivity index (χ0) is 12.3. The molecule has 0 spiro atoms. The number of hydrogen-bond acceptors (Lipinski definition) is 4. The minimum absolute atomic E-state index is 0.0896. The molecule has 0 aliphatic carbocycles. The van der Waals surface area contributed by atoms with Gasteiger partial charge in [-0.1, -0.05) is 0 Å². The van der Waals surface area contributed by atoms with E-state index in [0.29, 0.717) is 25.4 Å². The molecule has 1 unspecified atom stereocenters. The lowest BCUT2D eigenvalue weighted by Crippen LogP contribution is -2.48. The lowest BCUT2D eigenvalue weighted by molar-refractivity contribution is -0.120. The summed E-state index contributed by atoms with van der Waals surface area (Å²) < 4.78 is 6.02. The van der Waals surface area contributed by atoms with Gasteiger partial charge in [0.2, 0.25) is 5.91 Å². The van der Waals surface area contributed by atoms with Crippen molar-refractivity contribution in [2.45, 2.75) is 13.0 Å². The molecule has 2 rings (SSSR count). The van der Waals surface area contributed by atoms with Crippen LogP contribution in [0.2, 0.25) is 0 Å². The molecule has 1 aromatic heterocycles. The van der Waals surface area contributed by atoms with Crippen molar-refractivity contribution in [3.8, 4) is 0 Å². The third kappa shape index (κ3) is 3.24. The average molecular weight is 300 g/mol. The second-order valence-electron chi connectivity index (χ2n) is 3.90. The summed E-state index contributed by atoms with van der Waals surface area (Å²) in [5.41, 5.74) is 1.68. The van der Waals surface area contributed by atoms with E-state index in [0.717, 1.165) is 10.2 Å². The van der Waals surface area contributed by atoms with Gasteiger partial charge < -0.3 is 15.4 Å². The van der Waals surface area contributed by atoms with Gasteiger partial charge in [0.1, 0.15) is 10.6 Å². The number of carbonyl (C=O) groups excluding carboxylic acids is 1. The molecule has 1 aliphatic heterocycles. The summed E-state index contributed by atoms with van der Waals surface area (Å²) >= 11 is 3.32.